The molecule has 0 bridgehead atoms. The molecule has 0 radical (unpaired) electrons. The Balaban J connectivity index is 1.44. The van der Waals surface area contributed by atoms with Crippen LogP contribution in [0.25, 0.3) is 22.9 Å². The van der Waals surface area contributed by atoms with Crippen LogP contribution in [0.1, 0.15) is 54.6 Å². The zero-order valence-corrected chi connectivity index (χ0v) is 19.4. The van der Waals surface area contributed by atoms with Crippen molar-refractivity contribution < 1.29 is 14.6 Å². The van der Waals surface area contributed by atoms with E-state index in [0.29, 0.717) is 30.9 Å². The van der Waals surface area contributed by atoms with Crippen molar-refractivity contribution in [1.29, 1.82) is 5.26 Å². The zero-order valence-electron chi connectivity index (χ0n) is 19.4. The van der Waals surface area contributed by atoms with E-state index < -0.39 is 5.60 Å². The number of fused-ring (bicyclic) bond motifs is 1. The SMILES string of the molecule is CC(C)(O)c1ccc(C2=Cc3c(ncnc3-c3ccc(OC4CCOCC4)c(C#N)c3)C2)cc1. The predicted molar refractivity (Wildman–Crippen MR) is 130 cm³/mol. The molecule has 34 heavy (non-hydrogen) atoms. The molecule has 0 amide bonds. The van der Waals surface area contributed by atoms with Crippen molar-refractivity contribution in [2.45, 2.75) is 44.8 Å². The highest BCUT2D eigenvalue weighted by Gasteiger charge is 2.23. The maximum Gasteiger partial charge on any atom is 0.137 e. The van der Waals surface area contributed by atoms with Crippen molar-refractivity contribution in [3.8, 4) is 23.1 Å². The van der Waals surface area contributed by atoms with E-state index in [0.717, 1.165) is 52.1 Å². The van der Waals surface area contributed by atoms with Gasteiger partial charge in [-0.15, -0.1) is 0 Å². The summed E-state index contributed by atoms with van der Waals surface area (Å²) in [5, 5.41) is 20.0. The topological polar surface area (TPSA) is 88.3 Å². The number of aromatic nitrogens is 2. The first-order valence-corrected chi connectivity index (χ1v) is 11.6. The minimum Gasteiger partial charge on any atom is -0.489 e. The van der Waals surface area contributed by atoms with Gasteiger partial charge in [-0.2, -0.15) is 5.26 Å². The Morgan fingerprint density at radius 2 is 1.79 bits per heavy atom. The highest BCUT2D eigenvalue weighted by atomic mass is 16.5. The number of hydrogen-bond acceptors (Lipinski definition) is 6. The molecule has 2 aliphatic rings. The Morgan fingerprint density at radius 1 is 1.06 bits per heavy atom. The van der Waals surface area contributed by atoms with Crippen LogP contribution in [0.4, 0.5) is 0 Å². The summed E-state index contributed by atoms with van der Waals surface area (Å²) in [6.07, 6.45) is 6.15. The fourth-order valence-electron chi connectivity index (χ4n) is 4.48. The number of nitrogens with zero attached hydrogens (tertiary/aromatic N) is 3. The minimum absolute atomic E-state index is 0.0725. The number of nitriles is 1. The average molecular weight is 454 g/mol. The number of aliphatic hydroxyl groups is 1. The smallest absolute Gasteiger partial charge is 0.137 e. The first kappa shape index (κ1) is 22.3. The molecule has 6 nitrogen and oxygen atoms in total. The molecule has 0 spiro atoms. The van der Waals surface area contributed by atoms with E-state index >= 15 is 0 Å². The first-order chi connectivity index (χ1) is 16.4. The van der Waals surface area contributed by atoms with Gasteiger partial charge in [-0.05, 0) is 54.8 Å². The molecule has 1 aromatic heterocycles. The normalized spacial score (nSPS) is 16.0. The van der Waals surface area contributed by atoms with E-state index in [-0.39, 0.29) is 6.10 Å². The molecule has 1 aliphatic heterocycles. The second-order valence-corrected chi connectivity index (χ2v) is 9.32. The number of hydrogen-bond donors (Lipinski definition) is 1. The molecule has 1 N–H and O–H groups in total. The van der Waals surface area contributed by atoms with E-state index in [4.69, 9.17) is 9.47 Å². The summed E-state index contributed by atoms with van der Waals surface area (Å²) in [6, 6.07) is 15.9. The van der Waals surface area contributed by atoms with Crippen LogP contribution in [0, 0.1) is 11.3 Å². The van der Waals surface area contributed by atoms with Crippen LogP contribution in [0.15, 0.2) is 48.8 Å². The highest BCUT2D eigenvalue weighted by Crippen LogP contribution is 2.37. The molecular weight excluding hydrogens is 426 g/mol. The molecule has 5 rings (SSSR count). The molecule has 1 fully saturated rings. The highest BCUT2D eigenvalue weighted by molar-refractivity contribution is 5.92. The predicted octanol–water partition coefficient (Wildman–Crippen LogP) is 4.90. The van der Waals surface area contributed by atoms with Gasteiger partial charge in [0.05, 0.1) is 35.8 Å². The van der Waals surface area contributed by atoms with Gasteiger partial charge in [-0.3, -0.25) is 0 Å². The third-order valence-corrected chi connectivity index (χ3v) is 6.44. The first-order valence-electron chi connectivity index (χ1n) is 11.6. The van der Waals surface area contributed by atoms with Gasteiger partial charge >= 0.3 is 0 Å². The molecule has 2 heterocycles. The summed E-state index contributed by atoms with van der Waals surface area (Å²) in [6.45, 7) is 4.94. The van der Waals surface area contributed by atoms with Crippen LogP contribution in [-0.2, 0) is 16.8 Å². The Kier molecular flexibility index (Phi) is 5.91. The van der Waals surface area contributed by atoms with Crippen molar-refractivity contribution in [3.05, 3.63) is 76.7 Å². The summed E-state index contributed by atoms with van der Waals surface area (Å²) in [7, 11) is 0. The van der Waals surface area contributed by atoms with Crippen molar-refractivity contribution in [2.24, 2.45) is 0 Å². The third kappa shape index (κ3) is 4.45. The third-order valence-electron chi connectivity index (χ3n) is 6.44. The van der Waals surface area contributed by atoms with Crippen LogP contribution < -0.4 is 4.74 Å². The van der Waals surface area contributed by atoms with Crippen molar-refractivity contribution >= 4 is 11.6 Å². The minimum atomic E-state index is -0.872. The number of rotatable bonds is 5. The summed E-state index contributed by atoms with van der Waals surface area (Å²) in [4.78, 5) is 9.07. The lowest BCUT2D eigenvalue weighted by molar-refractivity contribution is 0.0254. The van der Waals surface area contributed by atoms with Gasteiger partial charge in [0, 0.05) is 30.4 Å². The van der Waals surface area contributed by atoms with Crippen LogP contribution in [-0.4, -0.2) is 34.4 Å². The summed E-state index contributed by atoms with van der Waals surface area (Å²) in [5.74, 6) is 0.604. The molecular formula is C28H27N3O3. The van der Waals surface area contributed by atoms with Gasteiger partial charge in [0.1, 0.15) is 24.3 Å². The quantitative estimate of drug-likeness (QED) is 0.591. The van der Waals surface area contributed by atoms with Gasteiger partial charge in [-0.25, -0.2) is 9.97 Å². The van der Waals surface area contributed by atoms with Gasteiger partial charge in [0.2, 0.25) is 0 Å². The monoisotopic (exact) mass is 453 g/mol. The Hall–Kier alpha value is -3.53. The number of allylic oxidation sites excluding steroid dienone is 1. The van der Waals surface area contributed by atoms with Gasteiger partial charge in [0.25, 0.3) is 0 Å². The van der Waals surface area contributed by atoms with E-state index in [1.54, 1.807) is 20.2 Å². The zero-order chi connectivity index (χ0) is 23.7. The van der Waals surface area contributed by atoms with E-state index in [1.807, 2.05) is 42.5 Å². The van der Waals surface area contributed by atoms with Crippen molar-refractivity contribution in [2.75, 3.05) is 13.2 Å². The second kappa shape index (κ2) is 9.02. The Morgan fingerprint density at radius 3 is 2.50 bits per heavy atom. The van der Waals surface area contributed by atoms with Crippen LogP contribution in [0.2, 0.25) is 0 Å². The second-order valence-electron chi connectivity index (χ2n) is 9.32. The Bertz CT molecular complexity index is 1280. The molecule has 1 aliphatic carbocycles. The fourth-order valence-corrected chi connectivity index (χ4v) is 4.48. The Labute approximate surface area is 199 Å². The standard InChI is InChI=1S/C28H27N3O3/c1-28(2,32)22-6-3-18(4-7-22)20-14-24-25(15-20)30-17-31-27(24)19-5-8-26(21(13-19)16-29)34-23-9-11-33-12-10-23/h3-8,13-14,17,23,32H,9-12,15H2,1-2H3. The van der Waals surface area contributed by atoms with Crippen molar-refractivity contribution in [1.82, 2.24) is 9.97 Å². The van der Waals surface area contributed by atoms with Gasteiger partial charge < -0.3 is 14.6 Å². The maximum atomic E-state index is 10.2. The largest absolute Gasteiger partial charge is 0.489 e. The van der Waals surface area contributed by atoms with Crippen molar-refractivity contribution in [3.63, 3.8) is 0 Å². The molecule has 6 heteroatoms. The molecule has 172 valence electrons. The fraction of sp³-hybridized carbons (Fsp3) is 0.321. The maximum absolute atomic E-state index is 10.2. The lowest BCUT2D eigenvalue weighted by Crippen LogP contribution is -2.26. The molecule has 1 saturated heterocycles. The lowest BCUT2D eigenvalue weighted by atomic mass is 9.95. The van der Waals surface area contributed by atoms with E-state index in [9.17, 15) is 10.4 Å². The van der Waals surface area contributed by atoms with Crippen LogP contribution >= 0.6 is 0 Å². The summed E-state index contributed by atoms with van der Waals surface area (Å²) < 4.78 is 11.5. The van der Waals surface area contributed by atoms with E-state index in [2.05, 4.69) is 22.1 Å². The molecule has 3 aromatic rings. The van der Waals surface area contributed by atoms with Crippen LogP contribution in [0.5, 0.6) is 5.75 Å². The van der Waals surface area contributed by atoms with Gasteiger partial charge in [0.15, 0.2) is 0 Å². The average Bonchev–Trinajstić information content (AvgIpc) is 3.29. The van der Waals surface area contributed by atoms with Gasteiger partial charge in [-0.1, -0.05) is 24.3 Å². The summed E-state index contributed by atoms with van der Waals surface area (Å²) in [5.41, 5.74) is 6.36. The molecule has 2 aromatic carbocycles. The molecule has 0 saturated carbocycles. The van der Waals surface area contributed by atoms with E-state index in [1.165, 1.54) is 0 Å². The lowest BCUT2D eigenvalue weighted by Gasteiger charge is -2.23. The number of benzene rings is 2. The summed E-state index contributed by atoms with van der Waals surface area (Å²) >= 11 is 0. The number of ether oxygens (including phenoxy) is 2. The molecule has 0 atom stereocenters. The van der Waals surface area contributed by atoms with Crippen LogP contribution in [0.3, 0.4) is 0 Å². The molecule has 0 unspecified atom stereocenters.